The summed E-state index contributed by atoms with van der Waals surface area (Å²) in [5, 5.41) is 3.37. The SMILES string of the molecule is Cc1cccc(NC(=O)c2cc(Cl)cc(Br)c2)c1Br. The lowest BCUT2D eigenvalue weighted by atomic mass is 10.2. The van der Waals surface area contributed by atoms with Crippen LogP contribution in [0, 0.1) is 6.92 Å². The number of carbonyl (C=O) groups is 1. The Morgan fingerprint density at radius 3 is 2.63 bits per heavy atom. The number of rotatable bonds is 2. The van der Waals surface area contributed by atoms with Crippen molar-refractivity contribution in [2.24, 2.45) is 0 Å². The minimum atomic E-state index is -0.200. The van der Waals surface area contributed by atoms with Crippen LogP contribution in [0.4, 0.5) is 5.69 Å². The van der Waals surface area contributed by atoms with E-state index >= 15 is 0 Å². The van der Waals surface area contributed by atoms with Crippen molar-refractivity contribution in [3.05, 3.63) is 61.5 Å². The Balaban J connectivity index is 2.28. The Hall–Kier alpha value is -0.840. The van der Waals surface area contributed by atoms with Crippen LogP contribution in [0.2, 0.25) is 5.02 Å². The summed E-state index contributed by atoms with van der Waals surface area (Å²) in [6, 6.07) is 10.8. The van der Waals surface area contributed by atoms with Crippen LogP contribution in [-0.2, 0) is 0 Å². The quantitative estimate of drug-likeness (QED) is 0.712. The molecule has 0 aliphatic heterocycles. The molecule has 19 heavy (non-hydrogen) atoms. The topological polar surface area (TPSA) is 29.1 Å². The highest BCUT2D eigenvalue weighted by Gasteiger charge is 2.10. The van der Waals surface area contributed by atoms with Gasteiger partial charge in [0.2, 0.25) is 0 Å². The van der Waals surface area contributed by atoms with Gasteiger partial charge in [-0.25, -0.2) is 0 Å². The molecule has 0 saturated heterocycles. The molecule has 0 aliphatic rings. The molecule has 0 aliphatic carbocycles. The number of halogens is 3. The van der Waals surface area contributed by atoms with Crippen LogP contribution >= 0.6 is 43.5 Å². The number of amides is 1. The van der Waals surface area contributed by atoms with Crippen LogP contribution < -0.4 is 5.32 Å². The van der Waals surface area contributed by atoms with Crippen LogP contribution in [-0.4, -0.2) is 5.91 Å². The van der Waals surface area contributed by atoms with Crippen molar-refractivity contribution in [3.63, 3.8) is 0 Å². The molecule has 0 saturated carbocycles. The van der Waals surface area contributed by atoms with Gasteiger partial charge in [-0.1, -0.05) is 39.7 Å². The van der Waals surface area contributed by atoms with Gasteiger partial charge in [-0.05, 0) is 52.7 Å². The zero-order valence-corrected chi connectivity index (χ0v) is 13.9. The molecule has 2 nitrogen and oxygen atoms in total. The maximum atomic E-state index is 12.2. The third-order valence-electron chi connectivity index (χ3n) is 2.56. The average molecular weight is 404 g/mol. The molecule has 0 atom stereocenters. The van der Waals surface area contributed by atoms with Crippen molar-refractivity contribution >= 4 is 55.1 Å². The van der Waals surface area contributed by atoms with Crippen LogP contribution in [0.15, 0.2) is 45.3 Å². The largest absolute Gasteiger partial charge is 0.321 e. The van der Waals surface area contributed by atoms with E-state index in [2.05, 4.69) is 37.2 Å². The summed E-state index contributed by atoms with van der Waals surface area (Å²) < 4.78 is 1.65. The first kappa shape index (κ1) is 14.6. The number of hydrogen-bond donors (Lipinski definition) is 1. The Morgan fingerprint density at radius 1 is 1.21 bits per heavy atom. The molecule has 2 rings (SSSR count). The van der Waals surface area contributed by atoms with Crippen molar-refractivity contribution in [1.29, 1.82) is 0 Å². The maximum absolute atomic E-state index is 12.2. The van der Waals surface area contributed by atoms with Gasteiger partial charge in [0, 0.05) is 19.5 Å². The van der Waals surface area contributed by atoms with Gasteiger partial charge in [-0.15, -0.1) is 0 Å². The molecule has 1 N–H and O–H groups in total. The highest BCUT2D eigenvalue weighted by molar-refractivity contribution is 9.11. The van der Waals surface area contributed by atoms with Crippen LogP contribution in [0.1, 0.15) is 15.9 Å². The highest BCUT2D eigenvalue weighted by atomic mass is 79.9. The molecule has 2 aromatic rings. The minimum absolute atomic E-state index is 0.200. The molecular weight excluding hydrogens is 393 g/mol. The molecular formula is C14H10Br2ClNO. The monoisotopic (exact) mass is 401 g/mol. The van der Waals surface area contributed by atoms with Crippen LogP contribution in [0.3, 0.4) is 0 Å². The lowest BCUT2D eigenvalue weighted by Crippen LogP contribution is -2.12. The first-order chi connectivity index (χ1) is 8.97. The van der Waals surface area contributed by atoms with E-state index in [0.29, 0.717) is 10.6 Å². The fourth-order valence-corrected chi connectivity index (χ4v) is 2.85. The standard InChI is InChI=1S/C14H10Br2ClNO/c1-8-3-2-4-12(13(8)16)18-14(19)9-5-10(15)7-11(17)6-9/h2-7H,1H3,(H,18,19). The lowest BCUT2D eigenvalue weighted by Gasteiger charge is -2.09. The van der Waals surface area contributed by atoms with E-state index in [1.165, 1.54) is 0 Å². The first-order valence-corrected chi connectivity index (χ1v) is 7.46. The van der Waals surface area contributed by atoms with E-state index in [1.807, 2.05) is 25.1 Å². The molecule has 98 valence electrons. The summed E-state index contributed by atoms with van der Waals surface area (Å²) in [5.74, 6) is -0.200. The maximum Gasteiger partial charge on any atom is 0.255 e. The van der Waals surface area contributed by atoms with Crippen molar-refractivity contribution in [2.45, 2.75) is 6.92 Å². The van der Waals surface area contributed by atoms with Gasteiger partial charge in [0.1, 0.15) is 0 Å². The molecule has 1 amide bonds. The third kappa shape index (κ3) is 3.59. The highest BCUT2D eigenvalue weighted by Crippen LogP contribution is 2.27. The van der Waals surface area contributed by atoms with E-state index in [4.69, 9.17) is 11.6 Å². The van der Waals surface area contributed by atoms with E-state index in [-0.39, 0.29) is 5.91 Å². The van der Waals surface area contributed by atoms with Crippen molar-refractivity contribution in [1.82, 2.24) is 0 Å². The van der Waals surface area contributed by atoms with Gasteiger partial charge >= 0.3 is 0 Å². The Kier molecular flexibility index (Phi) is 4.66. The van der Waals surface area contributed by atoms with Gasteiger partial charge in [-0.3, -0.25) is 4.79 Å². The van der Waals surface area contributed by atoms with Crippen LogP contribution in [0.25, 0.3) is 0 Å². The Labute approximate surface area is 133 Å². The van der Waals surface area contributed by atoms with Crippen molar-refractivity contribution in [2.75, 3.05) is 5.32 Å². The zero-order valence-electron chi connectivity index (χ0n) is 10.0. The summed E-state index contributed by atoms with van der Waals surface area (Å²) in [6.45, 7) is 1.97. The summed E-state index contributed by atoms with van der Waals surface area (Å²) >= 11 is 12.7. The minimum Gasteiger partial charge on any atom is -0.321 e. The van der Waals surface area contributed by atoms with Gasteiger partial charge < -0.3 is 5.32 Å². The Morgan fingerprint density at radius 2 is 1.95 bits per heavy atom. The smallest absolute Gasteiger partial charge is 0.255 e. The predicted molar refractivity (Wildman–Crippen MR) is 86.0 cm³/mol. The average Bonchev–Trinajstić information content (AvgIpc) is 2.33. The van der Waals surface area contributed by atoms with Gasteiger partial charge in [0.05, 0.1) is 5.69 Å². The van der Waals surface area contributed by atoms with E-state index < -0.39 is 0 Å². The second-order valence-corrected chi connectivity index (χ2v) is 6.19. The molecule has 0 fully saturated rings. The summed E-state index contributed by atoms with van der Waals surface area (Å²) in [7, 11) is 0. The number of anilines is 1. The summed E-state index contributed by atoms with van der Waals surface area (Å²) in [6.07, 6.45) is 0. The summed E-state index contributed by atoms with van der Waals surface area (Å²) in [4.78, 5) is 12.2. The number of nitrogens with one attached hydrogen (secondary N) is 1. The van der Waals surface area contributed by atoms with Gasteiger partial charge in [0.25, 0.3) is 5.91 Å². The molecule has 0 aromatic heterocycles. The van der Waals surface area contributed by atoms with E-state index in [0.717, 1.165) is 20.2 Å². The molecule has 2 aromatic carbocycles. The number of hydrogen-bond acceptors (Lipinski definition) is 1. The predicted octanol–water partition coefficient (Wildman–Crippen LogP) is 5.43. The fourth-order valence-electron chi connectivity index (χ4n) is 1.62. The van der Waals surface area contributed by atoms with Crippen molar-refractivity contribution < 1.29 is 4.79 Å². The number of carbonyl (C=O) groups excluding carboxylic acids is 1. The number of benzene rings is 2. The zero-order chi connectivity index (χ0) is 14.0. The van der Waals surface area contributed by atoms with Gasteiger partial charge in [0.15, 0.2) is 0 Å². The normalized spacial score (nSPS) is 10.3. The van der Waals surface area contributed by atoms with Crippen molar-refractivity contribution in [3.8, 4) is 0 Å². The second kappa shape index (κ2) is 6.07. The first-order valence-electron chi connectivity index (χ1n) is 5.50. The molecule has 0 unspecified atom stereocenters. The van der Waals surface area contributed by atoms with Crippen LogP contribution in [0.5, 0.6) is 0 Å². The molecule has 0 heterocycles. The second-order valence-electron chi connectivity index (χ2n) is 4.05. The molecule has 0 radical (unpaired) electrons. The lowest BCUT2D eigenvalue weighted by molar-refractivity contribution is 0.102. The molecule has 0 spiro atoms. The fraction of sp³-hybridized carbons (Fsp3) is 0.0714. The Bertz CT molecular complexity index is 623. The molecule has 0 bridgehead atoms. The van der Waals surface area contributed by atoms with E-state index in [1.54, 1.807) is 18.2 Å². The number of aryl methyl sites for hydroxylation is 1. The van der Waals surface area contributed by atoms with E-state index in [9.17, 15) is 4.79 Å². The van der Waals surface area contributed by atoms with Gasteiger partial charge in [-0.2, -0.15) is 0 Å². The third-order valence-corrected chi connectivity index (χ3v) is 4.29. The molecule has 5 heteroatoms. The summed E-state index contributed by atoms with van der Waals surface area (Å²) in [5.41, 5.74) is 2.30.